The number of hydrogen-bond acceptors (Lipinski definition) is 1. The van der Waals surface area contributed by atoms with E-state index in [9.17, 15) is 4.39 Å². The predicted molar refractivity (Wildman–Crippen MR) is 55.8 cm³/mol. The van der Waals surface area contributed by atoms with E-state index in [4.69, 9.17) is 0 Å². The maximum Gasteiger partial charge on any atom is 0.123 e. The molecule has 1 heterocycles. The van der Waals surface area contributed by atoms with Gasteiger partial charge in [-0.05, 0) is 35.1 Å². The van der Waals surface area contributed by atoms with Crippen molar-refractivity contribution in [1.29, 1.82) is 0 Å². The predicted octanol–water partition coefficient (Wildman–Crippen LogP) is 3.50. The Morgan fingerprint density at radius 3 is 2.71 bits per heavy atom. The number of nitrogens with zero attached hydrogens (tertiary/aromatic N) is 1. The Kier molecular flexibility index (Phi) is 2.20. The molecule has 0 radical (unpaired) electrons. The molecule has 0 atom stereocenters. The Balaban J connectivity index is 2.77. The molecule has 2 heteroatoms. The molecule has 0 aliphatic rings. The SMILES string of the molecule is CC(C)c1cncc2ccc(F)cc12. The van der Waals surface area contributed by atoms with Crippen LogP contribution in [0.5, 0.6) is 0 Å². The van der Waals surface area contributed by atoms with Gasteiger partial charge in [-0.2, -0.15) is 0 Å². The third-order valence-corrected chi connectivity index (χ3v) is 2.38. The zero-order valence-corrected chi connectivity index (χ0v) is 8.29. The monoisotopic (exact) mass is 189 g/mol. The third-order valence-electron chi connectivity index (χ3n) is 2.38. The molecule has 0 saturated heterocycles. The van der Waals surface area contributed by atoms with Gasteiger partial charge in [0.25, 0.3) is 0 Å². The largest absolute Gasteiger partial charge is 0.264 e. The van der Waals surface area contributed by atoms with E-state index in [0.717, 1.165) is 16.3 Å². The van der Waals surface area contributed by atoms with Crippen LogP contribution in [0.25, 0.3) is 10.8 Å². The number of benzene rings is 1. The van der Waals surface area contributed by atoms with Crippen molar-refractivity contribution in [1.82, 2.24) is 4.98 Å². The Morgan fingerprint density at radius 2 is 2.00 bits per heavy atom. The molecule has 0 aliphatic heterocycles. The quantitative estimate of drug-likeness (QED) is 0.669. The molecule has 0 N–H and O–H groups in total. The number of pyridine rings is 1. The molecule has 0 spiro atoms. The van der Waals surface area contributed by atoms with E-state index in [1.807, 2.05) is 6.20 Å². The molecule has 72 valence electrons. The Bertz CT molecular complexity index is 463. The lowest BCUT2D eigenvalue weighted by atomic mass is 9.99. The van der Waals surface area contributed by atoms with Gasteiger partial charge in [-0.1, -0.05) is 13.8 Å². The van der Waals surface area contributed by atoms with E-state index < -0.39 is 0 Å². The number of rotatable bonds is 1. The molecule has 0 saturated carbocycles. The van der Waals surface area contributed by atoms with Gasteiger partial charge in [-0.15, -0.1) is 0 Å². The Morgan fingerprint density at radius 1 is 1.21 bits per heavy atom. The average molecular weight is 189 g/mol. The topological polar surface area (TPSA) is 12.9 Å². The smallest absolute Gasteiger partial charge is 0.123 e. The van der Waals surface area contributed by atoms with Crippen LogP contribution in [0.15, 0.2) is 30.6 Å². The maximum atomic E-state index is 13.1. The van der Waals surface area contributed by atoms with Crippen LogP contribution in [0.4, 0.5) is 4.39 Å². The average Bonchev–Trinajstić information content (AvgIpc) is 2.16. The van der Waals surface area contributed by atoms with Gasteiger partial charge in [-0.3, -0.25) is 4.98 Å². The fourth-order valence-electron chi connectivity index (χ4n) is 1.62. The highest BCUT2D eigenvalue weighted by atomic mass is 19.1. The second-order valence-electron chi connectivity index (χ2n) is 3.75. The van der Waals surface area contributed by atoms with E-state index in [1.165, 1.54) is 6.07 Å². The zero-order chi connectivity index (χ0) is 10.1. The summed E-state index contributed by atoms with van der Waals surface area (Å²) in [6.45, 7) is 4.17. The Hall–Kier alpha value is -1.44. The van der Waals surface area contributed by atoms with Crippen molar-refractivity contribution < 1.29 is 4.39 Å². The summed E-state index contributed by atoms with van der Waals surface area (Å²) in [7, 11) is 0. The van der Waals surface area contributed by atoms with E-state index in [0.29, 0.717) is 5.92 Å². The molecule has 1 aromatic heterocycles. The lowest BCUT2D eigenvalue weighted by molar-refractivity contribution is 0.629. The van der Waals surface area contributed by atoms with Gasteiger partial charge in [0, 0.05) is 17.8 Å². The summed E-state index contributed by atoms with van der Waals surface area (Å²) in [6, 6.07) is 4.81. The molecule has 2 rings (SSSR count). The first-order valence-electron chi connectivity index (χ1n) is 4.71. The van der Waals surface area contributed by atoms with Crippen molar-refractivity contribution in [3.63, 3.8) is 0 Å². The van der Waals surface area contributed by atoms with Gasteiger partial charge < -0.3 is 0 Å². The zero-order valence-electron chi connectivity index (χ0n) is 8.29. The van der Waals surface area contributed by atoms with Gasteiger partial charge >= 0.3 is 0 Å². The molecular formula is C12H12FN. The molecule has 1 aromatic carbocycles. The first-order valence-corrected chi connectivity index (χ1v) is 4.71. The summed E-state index contributed by atoms with van der Waals surface area (Å²) in [5.41, 5.74) is 1.10. The number of fused-ring (bicyclic) bond motifs is 1. The first-order chi connectivity index (χ1) is 6.68. The van der Waals surface area contributed by atoms with Crippen molar-refractivity contribution in [3.8, 4) is 0 Å². The second-order valence-corrected chi connectivity index (χ2v) is 3.75. The van der Waals surface area contributed by atoms with Crippen LogP contribution in [0.2, 0.25) is 0 Å². The fourth-order valence-corrected chi connectivity index (χ4v) is 1.62. The number of halogens is 1. The van der Waals surface area contributed by atoms with Crippen LogP contribution < -0.4 is 0 Å². The van der Waals surface area contributed by atoms with Gasteiger partial charge in [0.05, 0.1) is 0 Å². The van der Waals surface area contributed by atoms with E-state index >= 15 is 0 Å². The summed E-state index contributed by atoms with van der Waals surface area (Å²) < 4.78 is 13.1. The molecular weight excluding hydrogens is 177 g/mol. The van der Waals surface area contributed by atoms with Crippen molar-refractivity contribution in [2.24, 2.45) is 0 Å². The van der Waals surface area contributed by atoms with Gasteiger partial charge in [-0.25, -0.2) is 4.39 Å². The standard InChI is InChI=1S/C12H12FN/c1-8(2)12-7-14-6-9-3-4-10(13)5-11(9)12/h3-8H,1-2H3. The van der Waals surface area contributed by atoms with E-state index in [1.54, 1.807) is 18.3 Å². The lowest BCUT2D eigenvalue weighted by Crippen LogP contribution is -1.91. The minimum absolute atomic E-state index is 0.189. The van der Waals surface area contributed by atoms with Crippen molar-refractivity contribution in [2.75, 3.05) is 0 Å². The van der Waals surface area contributed by atoms with Crippen LogP contribution in [0, 0.1) is 5.82 Å². The van der Waals surface area contributed by atoms with Crippen LogP contribution >= 0.6 is 0 Å². The van der Waals surface area contributed by atoms with Crippen LogP contribution in [0.1, 0.15) is 25.3 Å². The minimum Gasteiger partial charge on any atom is -0.264 e. The van der Waals surface area contributed by atoms with Crippen LogP contribution in [-0.2, 0) is 0 Å². The first kappa shape index (κ1) is 9.13. The summed E-state index contributed by atoms with van der Waals surface area (Å²) in [5.74, 6) is 0.179. The normalized spacial score (nSPS) is 11.1. The van der Waals surface area contributed by atoms with Crippen LogP contribution in [-0.4, -0.2) is 4.98 Å². The van der Waals surface area contributed by atoms with Gasteiger partial charge in [0.1, 0.15) is 5.82 Å². The van der Waals surface area contributed by atoms with Gasteiger partial charge in [0.15, 0.2) is 0 Å². The minimum atomic E-state index is -0.189. The van der Waals surface area contributed by atoms with E-state index in [2.05, 4.69) is 18.8 Å². The lowest BCUT2D eigenvalue weighted by Gasteiger charge is -2.08. The number of aromatic nitrogens is 1. The van der Waals surface area contributed by atoms with Crippen molar-refractivity contribution in [2.45, 2.75) is 19.8 Å². The highest BCUT2D eigenvalue weighted by molar-refractivity contribution is 5.85. The molecule has 0 fully saturated rings. The van der Waals surface area contributed by atoms with Crippen LogP contribution in [0.3, 0.4) is 0 Å². The Labute approximate surface area is 82.6 Å². The molecule has 0 amide bonds. The summed E-state index contributed by atoms with van der Waals surface area (Å²) in [6.07, 6.45) is 3.58. The fraction of sp³-hybridized carbons (Fsp3) is 0.250. The maximum absolute atomic E-state index is 13.1. The number of hydrogen-bond donors (Lipinski definition) is 0. The molecule has 2 aromatic rings. The summed E-state index contributed by atoms with van der Waals surface area (Å²) in [5, 5.41) is 1.97. The highest BCUT2D eigenvalue weighted by Crippen LogP contribution is 2.24. The molecule has 0 bridgehead atoms. The molecule has 0 aliphatic carbocycles. The molecule has 1 nitrogen and oxygen atoms in total. The molecule has 0 unspecified atom stereocenters. The van der Waals surface area contributed by atoms with Gasteiger partial charge in [0.2, 0.25) is 0 Å². The van der Waals surface area contributed by atoms with Crippen molar-refractivity contribution >= 4 is 10.8 Å². The summed E-state index contributed by atoms with van der Waals surface area (Å²) >= 11 is 0. The van der Waals surface area contributed by atoms with Crippen molar-refractivity contribution in [3.05, 3.63) is 42.0 Å². The molecule has 14 heavy (non-hydrogen) atoms. The summed E-state index contributed by atoms with van der Waals surface area (Å²) in [4.78, 5) is 4.14. The highest BCUT2D eigenvalue weighted by Gasteiger charge is 2.05. The van der Waals surface area contributed by atoms with E-state index in [-0.39, 0.29) is 5.82 Å². The second kappa shape index (κ2) is 3.37. The third kappa shape index (κ3) is 1.48.